The highest BCUT2D eigenvalue weighted by atomic mass is 16.5. The number of hydrogen-bond donors (Lipinski definition) is 2. The van der Waals surface area contributed by atoms with Crippen LogP contribution < -0.4 is 16.0 Å². The van der Waals surface area contributed by atoms with Crippen LogP contribution in [0, 0.1) is 12.8 Å². The van der Waals surface area contributed by atoms with Crippen molar-refractivity contribution in [2.45, 2.75) is 19.4 Å². The number of methoxy groups -OCH3 is 1. The molecule has 4 heteroatoms. The van der Waals surface area contributed by atoms with E-state index in [-0.39, 0.29) is 6.04 Å². The fraction of sp³-hybridized carbons (Fsp3) is 0.538. The van der Waals surface area contributed by atoms with E-state index < -0.39 is 0 Å². The summed E-state index contributed by atoms with van der Waals surface area (Å²) < 4.78 is 10.6. The first-order valence-electron chi connectivity index (χ1n) is 5.94. The molecule has 0 saturated carbocycles. The van der Waals surface area contributed by atoms with Crippen LogP contribution in [0.15, 0.2) is 18.2 Å². The van der Waals surface area contributed by atoms with E-state index in [1.807, 2.05) is 12.1 Å². The summed E-state index contributed by atoms with van der Waals surface area (Å²) in [5.41, 5.74) is 5.34. The Balaban J connectivity index is 2.23. The number of benzene rings is 1. The van der Waals surface area contributed by atoms with E-state index in [1.165, 1.54) is 11.1 Å². The normalized spacial score (nSPS) is 21.5. The van der Waals surface area contributed by atoms with E-state index in [0.29, 0.717) is 5.92 Å². The van der Waals surface area contributed by atoms with Gasteiger partial charge in [-0.2, -0.15) is 0 Å². The second kappa shape index (κ2) is 5.49. The standard InChI is InChI=1S/C13H20N2O2/c1-9-7-11(16-2)3-4-12(9)13(15-14)10-5-6-17-8-10/h3-4,7,10,13,15H,5-6,8,14H2,1-2H3. The molecule has 0 spiro atoms. The molecule has 0 amide bonds. The van der Waals surface area contributed by atoms with Gasteiger partial charge in [0.2, 0.25) is 0 Å². The molecule has 1 fully saturated rings. The van der Waals surface area contributed by atoms with Crippen molar-refractivity contribution in [3.63, 3.8) is 0 Å². The Bertz CT molecular complexity index is 376. The van der Waals surface area contributed by atoms with Crippen LogP contribution in [0.2, 0.25) is 0 Å². The van der Waals surface area contributed by atoms with Crippen molar-refractivity contribution < 1.29 is 9.47 Å². The Morgan fingerprint density at radius 2 is 2.35 bits per heavy atom. The lowest BCUT2D eigenvalue weighted by Gasteiger charge is -2.23. The zero-order valence-electron chi connectivity index (χ0n) is 10.4. The van der Waals surface area contributed by atoms with Gasteiger partial charge in [0.15, 0.2) is 0 Å². The second-order valence-electron chi connectivity index (χ2n) is 4.49. The van der Waals surface area contributed by atoms with Crippen molar-refractivity contribution in [1.29, 1.82) is 0 Å². The molecule has 1 aliphatic heterocycles. The maximum absolute atomic E-state index is 5.69. The highest BCUT2D eigenvalue weighted by Gasteiger charge is 2.27. The van der Waals surface area contributed by atoms with Crippen molar-refractivity contribution in [1.82, 2.24) is 5.43 Å². The number of aryl methyl sites for hydroxylation is 1. The van der Waals surface area contributed by atoms with E-state index in [4.69, 9.17) is 15.3 Å². The third-order valence-corrected chi connectivity index (χ3v) is 3.43. The fourth-order valence-corrected chi connectivity index (χ4v) is 2.42. The van der Waals surface area contributed by atoms with Gasteiger partial charge in [-0.05, 0) is 36.6 Å². The lowest BCUT2D eigenvalue weighted by Crippen LogP contribution is -2.34. The summed E-state index contributed by atoms with van der Waals surface area (Å²) in [6.45, 7) is 3.69. The van der Waals surface area contributed by atoms with Gasteiger partial charge in [-0.1, -0.05) is 6.07 Å². The molecule has 94 valence electrons. The third-order valence-electron chi connectivity index (χ3n) is 3.43. The minimum Gasteiger partial charge on any atom is -0.497 e. The van der Waals surface area contributed by atoms with Crippen LogP contribution in [0.4, 0.5) is 0 Å². The first-order valence-corrected chi connectivity index (χ1v) is 5.94. The molecule has 3 N–H and O–H groups in total. The largest absolute Gasteiger partial charge is 0.497 e. The van der Waals surface area contributed by atoms with Gasteiger partial charge < -0.3 is 9.47 Å². The van der Waals surface area contributed by atoms with Crippen LogP contribution in [-0.2, 0) is 4.74 Å². The molecule has 1 heterocycles. The van der Waals surface area contributed by atoms with Crippen molar-refractivity contribution in [2.24, 2.45) is 11.8 Å². The minimum atomic E-state index is 0.156. The van der Waals surface area contributed by atoms with Crippen LogP contribution in [0.1, 0.15) is 23.6 Å². The Labute approximate surface area is 102 Å². The zero-order chi connectivity index (χ0) is 12.3. The van der Waals surface area contributed by atoms with Crippen molar-refractivity contribution in [3.05, 3.63) is 29.3 Å². The summed E-state index contributed by atoms with van der Waals surface area (Å²) in [6, 6.07) is 6.25. The molecule has 2 unspecified atom stereocenters. The number of rotatable bonds is 4. The summed E-state index contributed by atoms with van der Waals surface area (Å²) >= 11 is 0. The topological polar surface area (TPSA) is 56.5 Å². The molecule has 1 aliphatic rings. The van der Waals surface area contributed by atoms with E-state index in [9.17, 15) is 0 Å². The molecule has 0 radical (unpaired) electrons. The summed E-state index contributed by atoms with van der Waals surface area (Å²) in [7, 11) is 1.68. The molecule has 0 aromatic heterocycles. The van der Waals surface area contributed by atoms with Crippen LogP contribution >= 0.6 is 0 Å². The summed E-state index contributed by atoms with van der Waals surface area (Å²) in [6.07, 6.45) is 1.06. The van der Waals surface area contributed by atoms with Crippen LogP contribution in [0.25, 0.3) is 0 Å². The maximum atomic E-state index is 5.69. The van der Waals surface area contributed by atoms with Gasteiger partial charge >= 0.3 is 0 Å². The predicted molar refractivity (Wildman–Crippen MR) is 66.7 cm³/mol. The van der Waals surface area contributed by atoms with E-state index in [0.717, 1.165) is 25.4 Å². The molecular weight excluding hydrogens is 216 g/mol. The lowest BCUT2D eigenvalue weighted by molar-refractivity contribution is 0.176. The van der Waals surface area contributed by atoms with Crippen molar-refractivity contribution in [3.8, 4) is 5.75 Å². The van der Waals surface area contributed by atoms with Gasteiger partial charge in [0, 0.05) is 12.5 Å². The Hall–Kier alpha value is -1.10. The molecule has 2 atom stereocenters. The monoisotopic (exact) mass is 236 g/mol. The Morgan fingerprint density at radius 1 is 1.53 bits per heavy atom. The molecule has 1 saturated heterocycles. The molecule has 1 aromatic rings. The van der Waals surface area contributed by atoms with Crippen LogP contribution in [0.3, 0.4) is 0 Å². The van der Waals surface area contributed by atoms with Gasteiger partial charge in [-0.25, -0.2) is 0 Å². The summed E-state index contributed by atoms with van der Waals surface area (Å²) in [5, 5.41) is 0. The van der Waals surface area contributed by atoms with Gasteiger partial charge in [-0.3, -0.25) is 11.3 Å². The molecule has 2 rings (SSSR count). The summed E-state index contributed by atoms with van der Waals surface area (Å²) in [4.78, 5) is 0. The van der Waals surface area contributed by atoms with Gasteiger partial charge in [-0.15, -0.1) is 0 Å². The average Bonchev–Trinajstić information content (AvgIpc) is 2.85. The first-order chi connectivity index (χ1) is 8.26. The number of nitrogens with two attached hydrogens (primary N) is 1. The highest BCUT2D eigenvalue weighted by Crippen LogP contribution is 2.31. The average molecular weight is 236 g/mol. The molecule has 1 aromatic carbocycles. The van der Waals surface area contributed by atoms with Crippen molar-refractivity contribution >= 4 is 0 Å². The number of nitrogens with one attached hydrogen (secondary N) is 1. The van der Waals surface area contributed by atoms with Crippen LogP contribution in [0.5, 0.6) is 5.75 Å². The molecule has 17 heavy (non-hydrogen) atoms. The zero-order valence-corrected chi connectivity index (χ0v) is 10.4. The third kappa shape index (κ3) is 2.60. The number of hydrazine groups is 1. The molecular formula is C13H20N2O2. The van der Waals surface area contributed by atoms with Gasteiger partial charge in [0.1, 0.15) is 5.75 Å². The van der Waals surface area contributed by atoms with Crippen LogP contribution in [-0.4, -0.2) is 20.3 Å². The van der Waals surface area contributed by atoms with E-state index >= 15 is 0 Å². The quantitative estimate of drug-likeness (QED) is 0.615. The number of ether oxygens (including phenoxy) is 2. The molecule has 4 nitrogen and oxygen atoms in total. The Kier molecular flexibility index (Phi) is 3.99. The minimum absolute atomic E-state index is 0.156. The van der Waals surface area contributed by atoms with Gasteiger partial charge in [0.05, 0.1) is 19.8 Å². The van der Waals surface area contributed by atoms with E-state index in [2.05, 4.69) is 18.4 Å². The highest BCUT2D eigenvalue weighted by molar-refractivity contribution is 5.37. The lowest BCUT2D eigenvalue weighted by atomic mass is 9.90. The fourth-order valence-electron chi connectivity index (χ4n) is 2.42. The Morgan fingerprint density at radius 3 is 2.88 bits per heavy atom. The van der Waals surface area contributed by atoms with Crippen molar-refractivity contribution in [2.75, 3.05) is 20.3 Å². The SMILES string of the molecule is COc1ccc(C(NN)C2CCOC2)c(C)c1. The first kappa shape index (κ1) is 12.4. The number of hydrogen-bond acceptors (Lipinski definition) is 4. The van der Waals surface area contributed by atoms with Gasteiger partial charge in [0.25, 0.3) is 0 Å². The summed E-state index contributed by atoms with van der Waals surface area (Å²) in [5.74, 6) is 7.02. The van der Waals surface area contributed by atoms with E-state index in [1.54, 1.807) is 7.11 Å². The smallest absolute Gasteiger partial charge is 0.119 e. The predicted octanol–water partition coefficient (Wildman–Crippen LogP) is 1.54. The maximum Gasteiger partial charge on any atom is 0.119 e. The second-order valence-corrected chi connectivity index (χ2v) is 4.49. The molecule has 0 aliphatic carbocycles. The molecule has 0 bridgehead atoms.